The Bertz CT molecular complexity index is 3210. The van der Waals surface area contributed by atoms with Gasteiger partial charge < -0.3 is 4.42 Å². The van der Waals surface area contributed by atoms with Crippen LogP contribution in [0.15, 0.2) is 193 Å². The number of nitrogens with zero attached hydrogens (tertiary/aromatic N) is 3. The lowest BCUT2D eigenvalue weighted by Gasteiger charge is -2.11. The second-order valence-corrected chi connectivity index (χ2v) is 14.7. The summed E-state index contributed by atoms with van der Waals surface area (Å²) in [5.74, 6) is 1.84. The van der Waals surface area contributed by atoms with Crippen molar-refractivity contribution in [2.45, 2.75) is 12.8 Å². The van der Waals surface area contributed by atoms with Crippen molar-refractivity contribution in [2.24, 2.45) is 0 Å². The molecule has 2 aromatic heterocycles. The Morgan fingerprint density at radius 3 is 1.81 bits per heavy atom. The highest BCUT2D eigenvalue weighted by Crippen LogP contribution is 2.41. The second-order valence-electron chi connectivity index (χ2n) is 14.7. The molecule has 0 amide bonds. The summed E-state index contributed by atoms with van der Waals surface area (Å²) in [5.41, 5.74) is 11.3. The summed E-state index contributed by atoms with van der Waals surface area (Å²) in [4.78, 5) is 15.5. The summed E-state index contributed by atoms with van der Waals surface area (Å²) in [6.07, 6.45) is 8.90. The zero-order valence-corrected chi connectivity index (χ0v) is 31.1. The molecule has 0 N–H and O–H groups in total. The molecular formula is C53H35N3O. The van der Waals surface area contributed by atoms with E-state index >= 15 is 0 Å². The fourth-order valence-corrected chi connectivity index (χ4v) is 8.28. The van der Waals surface area contributed by atoms with E-state index in [-0.39, 0.29) is 0 Å². The zero-order valence-electron chi connectivity index (χ0n) is 31.1. The van der Waals surface area contributed by atoms with Gasteiger partial charge in [-0.25, -0.2) is 15.0 Å². The summed E-state index contributed by atoms with van der Waals surface area (Å²) in [6.45, 7) is 0. The Morgan fingerprint density at radius 1 is 0.404 bits per heavy atom. The average Bonchev–Trinajstić information content (AvgIpc) is 3.69. The molecule has 0 bridgehead atoms. The third-order valence-electron chi connectivity index (χ3n) is 11.2. The normalized spacial score (nSPS) is 12.8. The van der Waals surface area contributed by atoms with Crippen molar-refractivity contribution < 1.29 is 4.42 Å². The average molecular weight is 730 g/mol. The summed E-state index contributed by atoms with van der Waals surface area (Å²) >= 11 is 0. The predicted octanol–water partition coefficient (Wildman–Crippen LogP) is 14.1. The molecule has 0 atom stereocenters. The summed E-state index contributed by atoms with van der Waals surface area (Å²) in [5, 5.41) is 6.93. The molecule has 8 aromatic carbocycles. The largest absolute Gasteiger partial charge is 0.455 e. The molecule has 0 fully saturated rings. The maximum Gasteiger partial charge on any atom is 0.164 e. The van der Waals surface area contributed by atoms with Crippen LogP contribution in [0, 0.1) is 0 Å². The SMILES string of the molecule is C1=CC(c2ccc(-c3nc(-c4ccc(-c5ccccc5)cc4)nc(-c4cccc5oc6c(-c7ccc8c(ccc9ccccc98)c7)cccc6c45)n3)cc2)=CCC1. The third-order valence-corrected chi connectivity index (χ3v) is 11.2. The molecule has 0 saturated carbocycles. The Balaban J connectivity index is 1.06. The maximum absolute atomic E-state index is 6.76. The molecule has 57 heavy (non-hydrogen) atoms. The first kappa shape index (κ1) is 33.0. The van der Waals surface area contributed by atoms with Crippen LogP contribution in [0.25, 0.3) is 105 Å². The van der Waals surface area contributed by atoms with Crippen LogP contribution in [0.3, 0.4) is 0 Å². The molecule has 268 valence electrons. The third kappa shape index (κ3) is 5.90. The molecule has 4 nitrogen and oxygen atoms in total. The number of benzene rings is 8. The fourth-order valence-electron chi connectivity index (χ4n) is 8.28. The predicted molar refractivity (Wildman–Crippen MR) is 236 cm³/mol. The van der Waals surface area contributed by atoms with Gasteiger partial charge in [0.05, 0.1) is 0 Å². The zero-order chi connectivity index (χ0) is 37.7. The van der Waals surface area contributed by atoms with Gasteiger partial charge in [-0.15, -0.1) is 0 Å². The smallest absolute Gasteiger partial charge is 0.164 e. The summed E-state index contributed by atoms with van der Waals surface area (Å²) < 4.78 is 6.76. The van der Waals surface area contributed by atoms with Gasteiger partial charge in [0.2, 0.25) is 0 Å². The van der Waals surface area contributed by atoms with E-state index in [1.807, 2.05) is 18.2 Å². The van der Waals surface area contributed by atoms with Crippen LogP contribution in [0.1, 0.15) is 18.4 Å². The minimum absolute atomic E-state index is 0.598. The van der Waals surface area contributed by atoms with E-state index in [9.17, 15) is 0 Å². The molecule has 1 aliphatic carbocycles. The van der Waals surface area contributed by atoms with Gasteiger partial charge in [-0.3, -0.25) is 0 Å². The van der Waals surface area contributed by atoms with E-state index in [2.05, 4.69) is 170 Å². The van der Waals surface area contributed by atoms with Gasteiger partial charge in [-0.05, 0) is 74.3 Å². The molecule has 2 heterocycles. The summed E-state index contributed by atoms with van der Waals surface area (Å²) in [6, 6.07) is 59.7. The van der Waals surface area contributed by atoms with E-state index in [0.717, 1.165) is 68.2 Å². The highest BCUT2D eigenvalue weighted by Gasteiger charge is 2.20. The van der Waals surface area contributed by atoms with Crippen molar-refractivity contribution >= 4 is 49.1 Å². The second kappa shape index (κ2) is 13.7. The van der Waals surface area contributed by atoms with E-state index in [1.54, 1.807) is 0 Å². The molecule has 11 rings (SSSR count). The first-order valence-electron chi connectivity index (χ1n) is 19.5. The number of hydrogen-bond donors (Lipinski definition) is 0. The number of fused-ring (bicyclic) bond motifs is 6. The molecule has 0 spiro atoms. The van der Waals surface area contributed by atoms with Gasteiger partial charge in [0.1, 0.15) is 11.2 Å². The number of aromatic nitrogens is 3. The Kier molecular flexibility index (Phi) is 7.92. The number of rotatable bonds is 6. The van der Waals surface area contributed by atoms with Gasteiger partial charge in [0.15, 0.2) is 17.5 Å². The summed E-state index contributed by atoms with van der Waals surface area (Å²) in [7, 11) is 0. The molecule has 0 unspecified atom stereocenters. The van der Waals surface area contributed by atoms with E-state index in [1.165, 1.54) is 38.2 Å². The minimum atomic E-state index is 0.598. The van der Waals surface area contributed by atoms with Crippen molar-refractivity contribution in [3.63, 3.8) is 0 Å². The van der Waals surface area contributed by atoms with Crippen LogP contribution in [-0.4, -0.2) is 15.0 Å². The van der Waals surface area contributed by atoms with Crippen molar-refractivity contribution in [3.05, 3.63) is 194 Å². The maximum atomic E-state index is 6.76. The van der Waals surface area contributed by atoms with Crippen molar-refractivity contribution in [3.8, 4) is 56.4 Å². The number of furan rings is 1. The van der Waals surface area contributed by atoms with Crippen molar-refractivity contribution in [1.29, 1.82) is 0 Å². The highest BCUT2D eigenvalue weighted by atomic mass is 16.3. The first-order valence-corrected chi connectivity index (χ1v) is 19.5. The van der Waals surface area contributed by atoms with Crippen LogP contribution in [0.4, 0.5) is 0 Å². The van der Waals surface area contributed by atoms with Gasteiger partial charge in [-0.2, -0.15) is 0 Å². The van der Waals surface area contributed by atoms with Crippen LogP contribution < -0.4 is 0 Å². The van der Waals surface area contributed by atoms with Gasteiger partial charge in [0, 0.05) is 33.0 Å². The van der Waals surface area contributed by atoms with Crippen molar-refractivity contribution in [1.82, 2.24) is 15.0 Å². The Labute approximate surface area is 330 Å². The topological polar surface area (TPSA) is 51.8 Å². The van der Waals surface area contributed by atoms with Crippen LogP contribution >= 0.6 is 0 Å². The van der Waals surface area contributed by atoms with Gasteiger partial charge in [-0.1, -0.05) is 176 Å². The van der Waals surface area contributed by atoms with E-state index in [4.69, 9.17) is 19.4 Å². The van der Waals surface area contributed by atoms with Gasteiger partial charge in [0.25, 0.3) is 0 Å². The van der Waals surface area contributed by atoms with E-state index in [0.29, 0.717) is 17.5 Å². The molecule has 0 radical (unpaired) electrons. The molecular weight excluding hydrogens is 695 g/mol. The van der Waals surface area contributed by atoms with Crippen LogP contribution in [0.5, 0.6) is 0 Å². The van der Waals surface area contributed by atoms with E-state index < -0.39 is 0 Å². The molecule has 1 aliphatic rings. The first-order chi connectivity index (χ1) is 28.2. The molecule has 10 aromatic rings. The van der Waals surface area contributed by atoms with Crippen molar-refractivity contribution in [2.75, 3.05) is 0 Å². The molecule has 0 aliphatic heterocycles. The molecule has 0 saturated heterocycles. The van der Waals surface area contributed by atoms with Crippen LogP contribution in [0.2, 0.25) is 0 Å². The van der Waals surface area contributed by atoms with Crippen LogP contribution in [-0.2, 0) is 0 Å². The number of hydrogen-bond acceptors (Lipinski definition) is 4. The Morgan fingerprint density at radius 2 is 1.02 bits per heavy atom. The number of para-hydroxylation sites is 1. The highest BCUT2D eigenvalue weighted by molar-refractivity contribution is 6.16. The molecule has 4 heteroatoms. The standard InChI is InChI=1S/C53H35N3O/c1-3-11-34(12-4-1)36-21-26-39(27-22-36)51-54-52(40-28-23-37(24-29-40)35-13-5-2-6-14-35)56-53(55-51)47-19-10-20-48-49(47)46-18-9-17-45(50(46)57-48)42-31-32-44-41(33-42)30-25-38-15-7-8-16-43(38)44/h1,3-5,7-33H,2,6H2. The fraction of sp³-hybridized carbons (Fsp3) is 0.0377. The minimum Gasteiger partial charge on any atom is -0.455 e. The quantitative estimate of drug-likeness (QED) is 0.160. The lowest BCUT2D eigenvalue weighted by molar-refractivity contribution is 0.670. The lowest BCUT2D eigenvalue weighted by atomic mass is 9.96. The Hall–Kier alpha value is -7.43. The van der Waals surface area contributed by atoms with Gasteiger partial charge >= 0.3 is 0 Å². The lowest BCUT2D eigenvalue weighted by Crippen LogP contribution is -2.00. The monoisotopic (exact) mass is 729 g/mol. The number of allylic oxidation sites excluding steroid dienone is 4.